The van der Waals surface area contributed by atoms with Gasteiger partial charge in [0.1, 0.15) is 22.9 Å². The Bertz CT molecular complexity index is 818. The van der Waals surface area contributed by atoms with Crippen molar-refractivity contribution in [2.45, 2.75) is 56.6 Å². The number of benzene rings is 1. The smallest absolute Gasteiger partial charge is 0.258 e. The molecule has 0 radical (unpaired) electrons. The van der Waals surface area contributed by atoms with Crippen molar-refractivity contribution >= 4 is 16.1 Å². The van der Waals surface area contributed by atoms with Gasteiger partial charge in [-0.2, -0.15) is 0 Å². The average Bonchev–Trinajstić information content (AvgIpc) is 2.90. The van der Waals surface area contributed by atoms with E-state index in [1.807, 2.05) is 27.7 Å². The van der Waals surface area contributed by atoms with E-state index in [1.54, 1.807) is 6.07 Å². The van der Waals surface area contributed by atoms with Crippen LogP contribution in [0.15, 0.2) is 23.1 Å². The largest absolute Gasteiger partial charge is 0.498 e. The van der Waals surface area contributed by atoms with Gasteiger partial charge in [0, 0.05) is 12.5 Å². The van der Waals surface area contributed by atoms with E-state index < -0.39 is 27.7 Å². The Morgan fingerprint density at radius 1 is 1.26 bits per heavy atom. The van der Waals surface area contributed by atoms with Gasteiger partial charge in [-0.1, -0.05) is 0 Å². The number of carboxylic acid groups (broad SMARTS) is 1. The van der Waals surface area contributed by atoms with Gasteiger partial charge in [0.15, 0.2) is 0 Å². The topological polar surface area (TPSA) is 105 Å². The summed E-state index contributed by atoms with van der Waals surface area (Å²) in [7, 11) is -1.11. The molecule has 0 saturated carbocycles. The minimum absolute atomic E-state index is 0.0498. The first-order valence-corrected chi connectivity index (χ1v) is 10.2. The van der Waals surface area contributed by atoms with Crippen LogP contribution in [0.4, 0.5) is 4.79 Å². The molecule has 1 heterocycles. The number of carbonyl (C=O) groups excluding carboxylic acids is 1. The molecule has 27 heavy (non-hydrogen) atoms. The Morgan fingerprint density at radius 3 is 2.33 bits per heavy atom. The second kappa shape index (κ2) is 7.29. The van der Waals surface area contributed by atoms with E-state index >= 15 is 0 Å². The first kappa shape index (κ1) is 21.5. The highest BCUT2D eigenvalue weighted by Crippen LogP contribution is 2.37. The number of hydrogen-bond donors (Lipinski definition) is 1. The zero-order chi connectivity index (χ0) is 20.6. The van der Waals surface area contributed by atoms with E-state index in [4.69, 9.17) is 9.47 Å². The first-order valence-electron chi connectivity index (χ1n) is 8.73. The van der Waals surface area contributed by atoms with Gasteiger partial charge in [-0.15, -0.1) is 0 Å². The number of sulfonamides is 1. The number of ether oxygens (including phenoxy) is 2. The first-order chi connectivity index (χ1) is 12.4. The molecule has 1 unspecified atom stereocenters. The zero-order valence-corrected chi connectivity index (χ0v) is 17.4. The van der Waals surface area contributed by atoms with Crippen LogP contribution in [-0.4, -0.2) is 57.4 Å². The lowest BCUT2D eigenvalue weighted by Crippen LogP contribution is -2.69. The molecule has 1 amide bonds. The number of carbonyl (C=O) groups is 1. The molecule has 0 aromatic heterocycles. The summed E-state index contributed by atoms with van der Waals surface area (Å²) in [5.41, 5.74) is -0.633. The number of hydrogen-bond acceptors (Lipinski definition) is 6. The lowest BCUT2D eigenvalue weighted by atomic mass is 10.0. The number of rotatable bonds is 5. The third-order valence-corrected chi connectivity index (χ3v) is 6.93. The Kier molecular flexibility index (Phi) is 5.79. The Morgan fingerprint density at radius 2 is 1.89 bits per heavy atom. The normalized spacial score (nSPS) is 26.0. The fourth-order valence-corrected chi connectivity index (χ4v) is 5.44. The van der Waals surface area contributed by atoms with Gasteiger partial charge in [0.2, 0.25) is 10.0 Å². The molecule has 9 heteroatoms. The maximum absolute atomic E-state index is 13.0. The second-order valence-corrected chi connectivity index (χ2v) is 9.59. The molecule has 1 aromatic rings. The van der Waals surface area contributed by atoms with Crippen molar-refractivity contribution in [3.63, 3.8) is 0 Å². The third-order valence-electron chi connectivity index (χ3n) is 5.39. The molecule has 1 aliphatic rings. The molecule has 0 aliphatic carbocycles. The fraction of sp³-hybridized carbons (Fsp3) is 0.611. The van der Waals surface area contributed by atoms with Crippen molar-refractivity contribution in [1.29, 1.82) is 0 Å². The van der Waals surface area contributed by atoms with Crippen molar-refractivity contribution in [1.82, 2.24) is 4.72 Å². The maximum Gasteiger partial charge on any atom is 0.258 e. The molecule has 0 bridgehead atoms. The second-order valence-electron chi connectivity index (χ2n) is 7.91. The van der Waals surface area contributed by atoms with E-state index in [1.165, 1.54) is 26.4 Å². The monoisotopic (exact) mass is 400 g/mol. The van der Waals surface area contributed by atoms with E-state index in [0.29, 0.717) is 12.2 Å². The van der Waals surface area contributed by atoms with Crippen molar-refractivity contribution in [3.05, 3.63) is 18.2 Å². The van der Waals surface area contributed by atoms with Crippen LogP contribution in [0.2, 0.25) is 0 Å². The Labute approximate surface area is 160 Å². The Hall–Kier alpha value is -1.84. The molecule has 8 nitrogen and oxygen atoms in total. The van der Waals surface area contributed by atoms with Crippen LogP contribution in [0, 0.1) is 0 Å². The van der Waals surface area contributed by atoms with Crippen LogP contribution in [-0.2, 0) is 10.0 Å². The number of methoxy groups -OCH3 is 2. The van der Waals surface area contributed by atoms with Gasteiger partial charge < -0.3 is 19.4 Å². The zero-order valence-electron chi connectivity index (χ0n) is 16.6. The molecule has 152 valence electrons. The molecule has 3 atom stereocenters. The quantitative estimate of drug-likeness (QED) is 0.742. The number of nitrogens with zero attached hydrogens (tertiary/aromatic N) is 1. The number of nitrogens with one attached hydrogen (secondary N) is 1. The van der Waals surface area contributed by atoms with E-state index in [9.17, 15) is 18.3 Å². The van der Waals surface area contributed by atoms with Gasteiger partial charge in [-0.05, 0) is 39.8 Å². The number of quaternary nitrogens is 1. The highest BCUT2D eigenvalue weighted by molar-refractivity contribution is 7.89. The predicted molar refractivity (Wildman–Crippen MR) is 98.0 cm³/mol. The molecule has 1 saturated heterocycles. The molecular weight excluding hydrogens is 372 g/mol. The van der Waals surface area contributed by atoms with Gasteiger partial charge >= 0.3 is 0 Å². The van der Waals surface area contributed by atoms with Crippen molar-refractivity contribution < 1.29 is 32.3 Å². The molecular formula is C18H28N2O6S. The summed E-state index contributed by atoms with van der Waals surface area (Å²) in [4.78, 5) is 11.9. The maximum atomic E-state index is 13.0. The highest BCUT2D eigenvalue weighted by atomic mass is 32.2. The van der Waals surface area contributed by atoms with Gasteiger partial charge in [0.25, 0.3) is 6.09 Å². The molecule has 2 rings (SSSR count). The minimum atomic E-state index is -3.94. The highest BCUT2D eigenvalue weighted by Gasteiger charge is 2.54. The summed E-state index contributed by atoms with van der Waals surface area (Å²) in [6.45, 7) is 7.38. The molecule has 0 spiro atoms. The van der Waals surface area contributed by atoms with Crippen LogP contribution in [0.3, 0.4) is 0 Å². The van der Waals surface area contributed by atoms with Gasteiger partial charge in [-0.3, -0.25) is 4.48 Å². The van der Waals surface area contributed by atoms with Gasteiger partial charge in [0.05, 0.1) is 31.8 Å². The summed E-state index contributed by atoms with van der Waals surface area (Å²) >= 11 is 0. The average molecular weight is 400 g/mol. The number of likely N-dealkylation sites (tertiary alicyclic amines) is 1. The van der Waals surface area contributed by atoms with E-state index in [2.05, 4.69) is 4.72 Å². The van der Waals surface area contributed by atoms with Crippen molar-refractivity contribution in [3.8, 4) is 11.5 Å². The van der Waals surface area contributed by atoms with Crippen molar-refractivity contribution in [2.75, 3.05) is 20.8 Å². The summed E-state index contributed by atoms with van der Waals surface area (Å²) in [5.74, 6) is 0.566. The lowest BCUT2D eigenvalue weighted by molar-refractivity contribution is -0.928. The van der Waals surface area contributed by atoms with Crippen molar-refractivity contribution in [2.24, 2.45) is 0 Å². The predicted octanol–water partition coefficient (Wildman–Crippen LogP) is 1.10. The summed E-state index contributed by atoms with van der Waals surface area (Å²) < 4.78 is 38.5. The minimum Gasteiger partial charge on any atom is -0.498 e. The molecule has 1 N–H and O–H groups in total. The summed E-state index contributed by atoms with van der Waals surface area (Å²) in [6, 6.07) is 3.66. The SMILES string of the molecule is COc1ccc(OC)c(S(=O)(=O)N[C@@H]2C[C@H](C)[N+](C(=O)[O-])(C(C)(C)C)C2)c1. The summed E-state index contributed by atoms with van der Waals surface area (Å²) in [6.07, 6.45) is -0.813. The van der Waals surface area contributed by atoms with E-state index in [-0.39, 0.29) is 27.7 Å². The van der Waals surface area contributed by atoms with Crippen LogP contribution < -0.4 is 19.3 Å². The fourth-order valence-electron chi connectivity index (χ4n) is 4.02. The van der Waals surface area contributed by atoms with Crippen LogP contribution >= 0.6 is 0 Å². The van der Waals surface area contributed by atoms with Gasteiger partial charge in [-0.25, -0.2) is 13.1 Å². The molecule has 1 aromatic carbocycles. The third kappa shape index (κ3) is 3.76. The number of amides is 1. The van der Waals surface area contributed by atoms with Crippen LogP contribution in [0.1, 0.15) is 34.1 Å². The van der Waals surface area contributed by atoms with Crippen LogP contribution in [0.25, 0.3) is 0 Å². The van der Waals surface area contributed by atoms with E-state index in [0.717, 1.165) is 0 Å². The molecule has 1 fully saturated rings. The summed E-state index contributed by atoms with van der Waals surface area (Å²) in [5, 5.41) is 12.0. The Balaban J connectivity index is 2.36. The standard InChI is InChI=1S/C18H28N2O6S/c1-12-9-13(11-20(12,17(21)22)18(2,3)4)19-27(23,24)16-10-14(25-5)7-8-15(16)26-6/h7-8,10,12-13,19H,9,11H2,1-6H3/t12-,13+,20?/m0/s1. The molecule has 1 aliphatic heterocycles. The lowest BCUT2D eigenvalue weighted by Gasteiger charge is -2.48. The van der Waals surface area contributed by atoms with Crippen LogP contribution in [0.5, 0.6) is 11.5 Å².